The molecule has 2 aromatic rings. The van der Waals surface area contributed by atoms with Gasteiger partial charge in [-0.3, -0.25) is 5.43 Å². The second kappa shape index (κ2) is 9.14. The molecule has 7 heteroatoms. The van der Waals surface area contributed by atoms with Gasteiger partial charge < -0.3 is 20.0 Å². The lowest BCUT2D eigenvalue weighted by Crippen LogP contribution is -2.25. The van der Waals surface area contributed by atoms with Crippen LogP contribution in [0.2, 0.25) is 0 Å². The number of methoxy groups -OCH3 is 1. The monoisotopic (exact) mass is 384 g/mol. The van der Waals surface area contributed by atoms with Gasteiger partial charge in [0.2, 0.25) is 0 Å². The molecule has 0 bridgehead atoms. The Labute approximate surface area is 164 Å². The summed E-state index contributed by atoms with van der Waals surface area (Å²) in [6, 6.07) is 11.3. The molecule has 0 aliphatic rings. The van der Waals surface area contributed by atoms with E-state index in [1.54, 1.807) is 25.1 Å². The fourth-order valence-corrected chi connectivity index (χ4v) is 2.76. The van der Waals surface area contributed by atoms with E-state index in [0.29, 0.717) is 22.1 Å². The Hall–Kier alpha value is -2.93. The highest BCUT2D eigenvalue weighted by molar-refractivity contribution is 7.80. The van der Waals surface area contributed by atoms with Gasteiger partial charge in [-0.1, -0.05) is 17.7 Å². The van der Waals surface area contributed by atoms with E-state index in [4.69, 9.17) is 17.0 Å². The molecule has 0 aliphatic heterocycles. The van der Waals surface area contributed by atoms with Crippen molar-refractivity contribution in [3.63, 3.8) is 0 Å². The quantitative estimate of drug-likeness (QED) is 0.452. The first-order chi connectivity index (χ1) is 12.8. The van der Waals surface area contributed by atoms with Crippen molar-refractivity contribution in [1.82, 2.24) is 5.43 Å². The molecule has 0 spiro atoms. The molecule has 0 amide bonds. The second-order valence-corrected chi connectivity index (χ2v) is 6.57. The summed E-state index contributed by atoms with van der Waals surface area (Å²) in [7, 11) is 1.49. The minimum Gasteiger partial charge on any atom is -0.550 e. The van der Waals surface area contributed by atoms with Gasteiger partial charge >= 0.3 is 0 Å². The van der Waals surface area contributed by atoms with Crippen LogP contribution >= 0.6 is 12.2 Å². The van der Waals surface area contributed by atoms with Crippen molar-refractivity contribution in [3.05, 3.63) is 58.7 Å². The van der Waals surface area contributed by atoms with Crippen molar-refractivity contribution in [3.8, 4) is 5.75 Å². The van der Waals surface area contributed by atoms with Gasteiger partial charge in [0.1, 0.15) is 5.75 Å². The fourth-order valence-electron chi connectivity index (χ4n) is 2.60. The van der Waals surface area contributed by atoms with E-state index >= 15 is 0 Å². The minimum absolute atomic E-state index is 0.232. The predicted molar refractivity (Wildman–Crippen MR) is 109 cm³/mol. The molecule has 0 radical (unpaired) electrons. The molecule has 142 valence electrons. The summed E-state index contributed by atoms with van der Waals surface area (Å²) in [5, 5.41) is 18.7. The molecule has 0 unspecified atom stereocenters. The largest absolute Gasteiger partial charge is 0.550 e. The van der Waals surface area contributed by atoms with Gasteiger partial charge in [-0.15, -0.1) is 0 Å². The Bertz CT molecular complexity index is 894. The lowest BCUT2D eigenvalue weighted by molar-refractivity contribution is -0.304. The zero-order chi connectivity index (χ0) is 20.0. The van der Waals surface area contributed by atoms with Crippen molar-refractivity contribution in [2.24, 2.45) is 5.10 Å². The number of ether oxygens (including phenoxy) is 1. The Balaban J connectivity index is 2.10. The Kier molecular flexibility index (Phi) is 6.90. The maximum Gasteiger partial charge on any atom is 0.191 e. The third kappa shape index (κ3) is 5.79. The SMILES string of the molecule is COc1ccc(/C(C)=N\NC(=S)Nc2ccc(C)cc2C)cc1CC(=O)[O-]. The number of rotatable bonds is 6. The number of hydrazone groups is 1. The van der Waals surface area contributed by atoms with Crippen LogP contribution in [0.1, 0.15) is 29.2 Å². The lowest BCUT2D eigenvalue weighted by atomic mass is 10.0. The highest BCUT2D eigenvalue weighted by Gasteiger charge is 2.07. The normalized spacial score (nSPS) is 11.0. The van der Waals surface area contributed by atoms with Crippen LogP contribution in [0.5, 0.6) is 5.75 Å². The highest BCUT2D eigenvalue weighted by atomic mass is 32.1. The number of nitrogens with zero attached hydrogens (tertiary/aromatic N) is 1. The van der Waals surface area contributed by atoms with Crippen molar-refractivity contribution in [2.45, 2.75) is 27.2 Å². The molecule has 2 aromatic carbocycles. The summed E-state index contributed by atoms with van der Waals surface area (Å²) >= 11 is 5.28. The first-order valence-corrected chi connectivity index (χ1v) is 8.76. The fraction of sp³-hybridized carbons (Fsp3) is 0.250. The van der Waals surface area contributed by atoms with Crippen LogP contribution in [-0.2, 0) is 11.2 Å². The summed E-state index contributed by atoms with van der Waals surface area (Å²) in [5.74, 6) is -0.673. The summed E-state index contributed by atoms with van der Waals surface area (Å²) in [5.41, 5.74) is 7.92. The number of aliphatic carboxylic acids is 1. The van der Waals surface area contributed by atoms with Crippen molar-refractivity contribution < 1.29 is 14.6 Å². The maximum atomic E-state index is 10.9. The molecule has 0 saturated heterocycles. The zero-order valence-electron chi connectivity index (χ0n) is 15.8. The van der Waals surface area contributed by atoms with Crippen LogP contribution in [0.3, 0.4) is 0 Å². The van der Waals surface area contributed by atoms with Crippen LogP contribution in [0.4, 0.5) is 5.69 Å². The van der Waals surface area contributed by atoms with Crippen LogP contribution in [0.15, 0.2) is 41.5 Å². The zero-order valence-corrected chi connectivity index (χ0v) is 16.6. The van der Waals surface area contributed by atoms with E-state index in [1.807, 2.05) is 26.0 Å². The van der Waals surface area contributed by atoms with Crippen LogP contribution in [-0.4, -0.2) is 23.9 Å². The first-order valence-electron chi connectivity index (χ1n) is 8.36. The third-order valence-electron chi connectivity index (χ3n) is 3.99. The lowest BCUT2D eigenvalue weighted by Gasteiger charge is -2.13. The number of carboxylic acids is 1. The topological polar surface area (TPSA) is 85.8 Å². The van der Waals surface area contributed by atoms with Crippen LogP contribution in [0, 0.1) is 13.8 Å². The smallest absolute Gasteiger partial charge is 0.191 e. The number of nitrogens with one attached hydrogen (secondary N) is 2. The molecule has 0 fully saturated rings. The van der Waals surface area contributed by atoms with E-state index in [1.165, 1.54) is 12.7 Å². The molecule has 0 atom stereocenters. The van der Waals surface area contributed by atoms with Gasteiger partial charge in [-0.2, -0.15) is 5.10 Å². The van der Waals surface area contributed by atoms with E-state index < -0.39 is 5.97 Å². The van der Waals surface area contributed by atoms with Crippen molar-refractivity contribution in [2.75, 3.05) is 12.4 Å². The molecular weight excluding hydrogens is 362 g/mol. The van der Waals surface area contributed by atoms with Crippen LogP contribution in [0.25, 0.3) is 0 Å². The van der Waals surface area contributed by atoms with E-state index in [9.17, 15) is 9.90 Å². The van der Waals surface area contributed by atoms with Gasteiger partial charge in [-0.05, 0) is 68.4 Å². The number of carbonyl (C=O) groups excluding carboxylic acids is 1. The van der Waals surface area contributed by atoms with Gasteiger partial charge in [0.25, 0.3) is 0 Å². The second-order valence-electron chi connectivity index (χ2n) is 6.16. The average molecular weight is 384 g/mol. The Morgan fingerprint density at radius 3 is 2.59 bits per heavy atom. The van der Waals surface area contributed by atoms with E-state index in [0.717, 1.165) is 16.8 Å². The Morgan fingerprint density at radius 1 is 1.22 bits per heavy atom. The number of hydrogen-bond donors (Lipinski definition) is 2. The number of thiocarbonyl (C=S) groups is 1. The van der Waals surface area contributed by atoms with Crippen LogP contribution < -0.4 is 20.6 Å². The standard InChI is InChI=1S/C20H23N3O3S/c1-12-5-7-17(13(2)9-12)21-20(27)23-22-14(3)15-6-8-18(26-4)16(10-15)11-19(24)25/h5-10H,11H2,1-4H3,(H,24,25)(H2,21,23,27)/p-1/b22-14-. The maximum absolute atomic E-state index is 10.9. The number of benzene rings is 2. The molecule has 0 heterocycles. The molecule has 2 rings (SSSR count). The van der Waals surface area contributed by atoms with Gasteiger partial charge in [-0.25, -0.2) is 0 Å². The number of carbonyl (C=O) groups is 1. The van der Waals surface area contributed by atoms with Gasteiger partial charge in [0, 0.05) is 23.6 Å². The minimum atomic E-state index is -1.17. The molecular formula is C20H22N3O3S-. The summed E-state index contributed by atoms with van der Waals surface area (Å²) in [6.45, 7) is 5.84. The third-order valence-corrected chi connectivity index (χ3v) is 4.18. The molecule has 6 nitrogen and oxygen atoms in total. The number of aryl methyl sites for hydroxylation is 2. The summed E-state index contributed by atoms with van der Waals surface area (Å²) < 4.78 is 5.19. The molecule has 0 aromatic heterocycles. The van der Waals surface area contributed by atoms with Crippen molar-refractivity contribution >= 4 is 34.7 Å². The average Bonchev–Trinajstić information content (AvgIpc) is 2.61. The first kappa shape index (κ1) is 20.4. The highest BCUT2D eigenvalue weighted by Crippen LogP contribution is 2.21. The van der Waals surface area contributed by atoms with E-state index in [-0.39, 0.29) is 6.42 Å². The Morgan fingerprint density at radius 2 is 1.96 bits per heavy atom. The van der Waals surface area contributed by atoms with Gasteiger partial charge in [0.15, 0.2) is 5.11 Å². The van der Waals surface area contributed by atoms with Gasteiger partial charge in [0.05, 0.1) is 12.8 Å². The molecule has 0 aliphatic carbocycles. The summed E-state index contributed by atoms with van der Waals surface area (Å²) in [4.78, 5) is 10.9. The number of hydrogen-bond acceptors (Lipinski definition) is 5. The number of carboxylic acid groups (broad SMARTS) is 1. The summed E-state index contributed by atoms with van der Waals surface area (Å²) in [6.07, 6.45) is -0.232. The molecule has 0 saturated carbocycles. The predicted octanol–water partition coefficient (Wildman–Crippen LogP) is 2.32. The van der Waals surface area contributed by atoms with Crippen molar-refractivity contribution in [1.29, 1.82) is 0 Å². The number of anilines is 1. The molecule has 27 heavy (non-hydrogen) atoms. The molecule has 2 N–H and O–H groups in total. The van der Waals surface area contributed by atoms with E-state index in [2.05, 4.69) is 21.9 Å².